The highest BCUT2D eigenvalue weighted by Crippen LogP contribution is 2.44. The molecule has 0 bridgehead atoms. The van der Waals surface area contributed by atoms with Crippen molar-refractivity contribution in [3.8, 4) is 6.07 Å². The normalized spacial score (nSPS) is 17.6. The van der Waals surface area contributed by atoms with E-state index in [1.165, 1.54) is 0 Å². The molecule has 1 N–H and O–H groups in total. The maximum atomic E-state index is 11.5. The Labute approximate surface area is 85.5 Å². The van der Waals surface area contributed by atoms with Gasteiger partial charge in [0.05, 0.1) is 6.07 Å². The van der Waals surface area contributed by atoms with Gasteiger partial charge in [-0.15, -0.1) is 0 Å². The molecule has 1 fully saturated rings. The van der Waals surface area contributed by atoms with Crippen LogP contribution in [0.2, 0.25) is 0 Å². The third-order valence-electron chi connectivity index (χ3n) is 2.64. The van der Waals surface area contributed by atoms with Crippen molar-refractivity contribution in [3.05, 3.63) is 0 Å². The molecule has 3 nitrogen and oxygen atoms in total. The summed E-state index contributed by atoms with van der Waals surface area (Å²) in [6.07, 6.45) is 3.60. The molecule has 0 radical (unpaired) electrons. The van der Waals surface area contributed by atoms with E-state index in [1.54, 1.807) is 0 Å². The molecule has 0 aromatic rings. The standard InChI is InChI=1S/C11H18N2O/c1-9(2)4-3-7-13-10(14)11(8-12)5-6-11/h9H,3-7H2,1-2H3,(H,13,14). The fourth-order valence-electron chi connectivity index (χ4n) is 1.40. The number of nitrogens with zero attached hydrogens (tertiary/aromatic N) is 1. The second-order valence-electron chi connectivity index (χ2n) is 4.49. The van der Waals surface area contributed by atoms with Crippen LogP contribution in [0.3, 0.4) is 0 Å². The molecule has 1 aliphatic carbocycles. The lowest BCUT2D eigenvalue weighted by atomic mass is 10.1. The van der Waals surface area contributed by atoms with E-state index in [0.29, 0.717) is 12.5 Å². The molecule has 0 heterocycles. The Morgan fingerprint density at radius 1 is 1.57 bits per heavy atom. The molecular formula is C11H18N2O. The van der Waals surface area contributed by atoms with Gasteiger partial charge >= 0.3 is 0 Å². The zero-order valence-electron chi connectivity index (χ0n) is 8.97. The van der Waals surface area contributed by atoms with Crippen LogP contribution in [0.4, 0.5) is 0 Å². The first-order chi connectivity index (χ1) is 6.60. The van der Waals surface area contributed by atoms with Gasteiger partial charge in [-0.2, -0.15) is 5.26 Å². The number of nitrogens with one attached hydrogen (secondary N) is 1. The van der Waals surface area contributed by atoms with E-state index in [1.807, 2.05) is 0 Å². The summed E-state index contributed by atoms with van der Waals surface area (Å²) >= 11 is 0. The number of nitriles is 1. The lowest BCUT2D eigenvalue weighted by Crippen LogP contribution is -2.31. The molecule has 1 aliphatic rings. The number of rotatable bonds is 5. The molecule has 3 heteroatoms. The van der Waals surface area contributed by atoms with Crippen LogP contribution >= 0.6 is 0 Å². The van der Waals surface area contributed by atoms with Crippen LogP contribution in [0.15, 0.2) is 0 Å². The predicted molar refractivity (Wildman–Crippen MR) is 54.4 cm³/mol. The fourth-order valence-corrected chi connectivity index (χ4v) is 1.40. The van der Waals surface area contributed by atoms with Gasteiger partial charge in [-0.3, -0.25) is 4.79 Å². The summed E-state index contributed by atoms with van der Waals surface area (Å²) in [5.74, 6) is 0.613. The van der Waals surface area contributed by atoms with Gasteiger partial charge in [0.15, 0.2) is 0 Å². The molecule has 0 saturated heterocycles. The molecule has 0 spiro atoms. The van der Waals surface area contributed by atoms with Crippen LogP contribution in [0.5, 0.6) is 0 Å². The minimum atomic E-state index is -0.655. The van der Waals surface area contributed by atoms with E-state index in [0.717, 1.165) is 25.7 Å². The third kappa shape index (κ3) is 2.73. The van der Waals surface area contributed by atoms with Crippen molar-refractivity contribution in [2.75, 3.05) is 6.54 Å². The first-order valence-corrected chi connectivity index (χ1v) is 5.30. The first-order valence-electron chi connectivity index (χ1n) is 5.30. The second-order valence-corrected chi connectivity index (χ2v) is 4.49. The van der Waals surface area contributed by atoms with Gasteiger partial charge in [-0.25, -0.2) is 0 Å². The van der Waals surface area contributed by atoms with Crippen molar-refractivity contribution in [1.29, 1.82) is 5.26 Å². The maximum absolute atomic E-state index is 11.5. The van der Waals surface area contributed by atoms with Crippen molar-refractivity contribution in [2.24, 2.45) is 11.3 Å². The number of carbonyl (C=O) groups excluding carboxylic acids is 1. The minimum absolute atomic E-state index is 0.0660. The summed E-state index contributed by atoms with van der Waals surface area (Å²) in [5.41, 5.74) is -0.655. The van der Waals surface area contributed by atoms with E-state index in [-0.39, 0.29) is 5.91 Å². The summed E-state index contributed by atoms with van der Waals surface area (Å²) in [4.78, 5) is 11.5. The first kappa shape index (κ1) is 11.0. The molecule has 14 heavy (non-hydrogen) atoms. The summed E-state index contributed by atoms with van der Waals surface area (Å²) in [6.45, 7) is 5.04. The molecule has 1 amide bonds. The van der Waals surface area contributed by atoms with E-state index in [2.05, 4.69) is 25.2 Å². The van der Waals surface area contributed by atoms with Gasteiger partial charge in [0.25, 0.3) is 0 Å². The Balaban J connectivity index is 2.14. The van der Waals surface area contributed by atoms with E-state index in [9.17, 15) is 4.79 Å². The van der Waals surface area contributed by atoms with Gasteiger partial charge in [-0.1, -0.05) is 13.8 Å². The Morgan fingerprint density at radius 2 is 2.21 bits per heavy atom. The highest BCUT2D eigenvalue weighted by Gasteiger charge is 2.50. The zero-order valence-corrected chi connectivity index (χ0v) is 8.97. The van der Waals surface area contributed by atoms with Crippen LogP contribution in [0, 0.1) is 22.7 Å². The summed E-state index contributed by atoms with van der Waals surface area (Å²) in [6, 6.07) is 2.09. The summed E-state index contributed by atoms with van der Waals surface area (Å²) in [5, 5.41) is 11.6. The molecule has 0 aliphatic heterocycles. The number of carbonyl (C=O) groups is 1. The minimum Gasteiger partial charge on any atom is -0.355 e. The van der Waals surface area contributed by atoms with Gasteiger partial charge in [0.1, 0.15) is 5.41 Å². The number of hydrogen-bond acceptors (Lipinski definition) is 2. The van der Waals surface area contributed by atoms with Crippen molar-refractivity contribution < 1.29 is 4.79 Å². The number of amides is 1. The quantitative estimate of drug-likeness (QED) is 0.679. The van der Waals surface area contributed by atoms with Crippen molar-refractivity contribution in [3.63, 3.8) is 0 Å². The highest BCUT2D eigenvalue weighted by atomic mass is 16.2. The Bertz CT molecular complexity index is 249. The van der Waals surface area contributed by atoms with Gasteiger partial charge in [-0.05, 0) is 31.6 Å². The van der Waals surface area contributed by atoms with Gasteiger partial charge < -0.3 is 5.32 Å². The van der Waals surface area contributed by atoms with Crippen LogP contribution in [0.1, 0.15) is 39.5 Å². The predicted octanol–water partition coefficient (Wildman–Crippen LogP) is 1.84. The molecule has 78 valence electrons. The average Bonchev–Trinajstić information content (AvgIpc) is 2.92. The molecule has 0 unspecified atom stereocenters. The smallest absolute Gasteiger partial charge is 0.240 e. The topological polar surface area (TPSA) is 52.9 Å². The second kappa shape index (κ2) is 4.45. The lowest BCUT2D eigenvalue weighted by Gasteiger charge is -2.08. The largest absolute Gasteiger partial charge is 0.355 e. The van der Waals surface area contributed by atoms with Crippen molar-refractivity contribution in [2.45, 2.75) is 39.5 Å². The molecular weight excluding hydrogens is 176 g/mol. The summed E-state index contributed by atoms with van der Waals surface area (Å²) in [7, 11) is 0. The van der Waals surface area contributed by atoms with Crippen LogP contribution < -0.4 is 5.32 Å². The zero-order chi connectivity index (χ0) is 10.6. The molecule has 0 aromatic heterocycles. The van der Waals surface area contributed by atoms with Crippen molar-refractivity contribution in [1.82, 2.24) is 5.32 Å². The Kier molecular flexibility index (Phi) is 3.51. The Morgan fingerprint density at radius 3 is 2.64 bits per heavy atom. The fraction of sp³-hybridized carbons (Fsp3) is 0.818. The van der Waals surface area contributed by atoms with Crippen LogP contribution in [-0.4, -0.2) is 12.5 Å². The molecule has 1 rings (SSSR count). The van der Waals surface area contributed by atoms with E-state index >= 15 is 0 Å². The maximum Gasteiger partial charge on any atom is 0.240 e. The Hall–Kier alpha value is -1.04. The van der Waals surface area contributed by atoms with Crippen molar-refractivity contribution >= 4 is 5.91 Å². The van der Waals surface area contributed by atoms with Gasteiger partial charge in [0.2, 0.25) is 5.91 Å². The van der Waals surface area contributed by atoms with Gasteiger partial charge in [0, 0.05) is 6.54 Å². The number of hydrogen-bond donors (Lipinski definition) is 1. The van der Waals surface area contributed by atoms with E-state index < -0.39 is 5.41 Å². The third-order valence-corrected chi connectivity index (χ3v) is 2.64. The summed E-state index contributed by atoms with van der Waals surface area (Å²) < 4.78 is 0. The molecule has 1 saturated carbocycles. The van der Waals surface area contributed by atoms with Crippen LogP contribution in [-0.2, 0) is 4.79 Å². The SMILES string of the molecule is CC(C)CCCNC(=O)C1(C#N)CC1. The average molecular weight is 194 g/mol. The van der Waals surface area contributed by atoms with Crippen LogP contribution in [0.25, 0.3) is 0 Å². The lowest BCUT2D eigenvalue weighted by molar-refractivity contribution is -0.124. The molecule has 0 atom stereocenters. The van der Waals surface area contributed by atoms with E-state index in [4.69, 9.17) is 5.26 Å². The highest BCUT2D eigenvalue weighted by molar-refractivity contribution is 5.88. The molecule has 0 aromatic carbocycles. The monoisotopic (exact) mass is 194 g/mol.